The molecule has 4 rings (SSSR count). The summed E-state index contributed by atoms with van der Waals surface area (Å²) in [6, 6.07) is 11.2. The Bertz CT molecular complexity index is 985. The van der Waals surface area contributed by atoms with Crippen molar-refractivity contribution >= 4 is 23.3 Å². The maximum Gasteiger partial charge on any atom is 0.272 e. The average molecular weight is 455 g/mol. The Morgan fingerprint density at radius 1 is 1.25 bits per heavy atom. The molecule has 8 nitrogen and oxygen atoms in total. The number of benzene rings is 1. The van der Waals surface area contributed by atoms with E-state index < -0.39 is 0 Å². The number of aromatic nitrogens is 2. The van der Waals surface area contributed by atoms with E-state index in [-0.39, 0.29) is 18.1 Å². The quantitative estimate of drug-likeness (QED) is 0.715. The lowest BCUT2D eigenvalue weighted by Gasteiger charge is -2.34. The molecule has 2 aliphatic rings. The van der Waals surface area contributed by atoms with Crippen molar-refractivity contribution in [1.82, 2.24) is 20.8 Å². The Morgan fingerprint density at radius 3 is 2.72 bits per heavy atom. The van der Waals surface area contributed by atoms with Crippen LogP contribution in [0.2, 0.25) is 5.02 Å². The number of carbonyl (C=O) groups excluding carboxylic acids is 1. The highest BCUT2D eigenvalue weighted by Gasteiger charge is 2.25. The second-order valence-electron chi connectivity index (χ2n) is 8.34. The number of rotatable bonds is 5. The van der Waals surface area contributed by atoms with Gasteiger partial charge in [0.15, 0.2) is 11.5 Å². The summed E-state index contributed by atoms with van der Waals surface area (Å²) in [6.07, 6.45) is 3.36. The molecule has 0 unspecified atom stereocenters. The number of hydrogen-bond acceptors (Lipinski definition) is 7. The maximum absolute atomic E-state index is 12.6. The van der Waals surface area contributed by atoms with Gasteiger partial charge in [0.05, 0.1) is 16.7 Å². The first-order valence-corrected chi connectivity index (χ1v) is 11.4. The molecule has 1 atom stereocenters. The predicted octanol–water partition coefficient (Wildman–Crippen LogP) is 2.92. The van der Waals surface area contributed by atoms with Gasteiger partial charge in [-0.05, 0) is 56.9 Å². The van der Waals surface area contributed by atoms with Crippen molar-refractivity contribution in [2.24, 2.45) is 0 Å². The predicted molar refractivity (Wildman–Crippen MR) is 122 cm³/mol. The summed E-state index contributed by atoms with van der Waals surface area (Å²) in [6.45, 7) is 4.85. The molecular weight excluding hydrogens is 428 g/mol. The van der Waals surface area contributed by atoms with E-state index in [1.807, 2.05) is 12.1 Å². The van der Waals surface area contributed by atoms with Crippen molar-refractivity contribution in [3.05, 3.63) is 46.6 Å². The molecule has 1 amide bonds. The van der Waals surface area contributed by atoms with Gasteiger partial charge in [0.2, 0.25) is 0 Å². The summed E-state index contributed by atoms with van der Waals surface area (Å²) >= 11 is 6.08. The van der Waals surface area contributed by atoms with Gasteiger partial charge >= 0.3 is 0 Å². The van der Waals surface area contributed by atoms with Crippen molar-refractivity contribution in [3.8, 4) is 11.8 Å². The monoisotopic (exact) mass is 454 g/mol. The van der Waals surface area contributed by atoms with Crippen LogP contribution in [0.25, 0.3) is 0 Å². The van der Waals surface area contributed by atoms with Crippen LogP contribution in [0.3, 0.4) is 0 Å². The van der Waals surface area contributed by atoms with Gasteiger partial charge in [0.1, 0.15) is 11.8 Å². The molecule has 1 saturated heterocycles. The molecule has 2 aromatic rings. The second-order valence-corrected chi connectivity index (χ2v) is 8.75. The minimum absolute atomic E-state index is 0.0623. The van der Waals surface area contributed by atoms with E-state index in [1.54, 1.807) is 24.3 Å². The van der Waals surface area contributed by atoms with Crippen LogP contribution in [0, 0.1) is 11.3 Å². The first kappa shape index (κ1) is 22.3. The Hall–Kier alpha value is -2.89. The molecule has 1 saturated carbocycles. The third kappa shape index (κ3) is 5.29. The highest BCUT2D eigenvalue weighted by Crippen LogP contribution is 2.27. The van der Waals surface area contributed by atoms with Crippen LogP contribution in [-0.2, 0) is 0 Å². The van der Waals surface area contributed by atoms with Crippen LogP contribution in [0.1, 0.15) is 48.7 Å². The number of nitrogens with zero attached hydrogens (tertiary/aromatic N) is 4. The smallest absolute Gasteiger partial charge is 0.272 e. The van der Waals surface area contributed by atoms with Gasteiger partial charge in [0, 0.05) is 37.8 Å². The number of nitriles is 1. The van der Waals surface area contributed by atoms with Crippen LogP contribution < -0.4 is 20.3 Å². The molecular formula is C23H27ClN6O2. The number of nitrogens with one attached hydrogen (secondary N) is 2. The molecule has 1 aliphatic heterocycles. The molecule has 0 spiro atoms. The number of carbonyl (C=O) groups is 1. The Kier molecular flexibility index (Phi) is 7.08. The molecule has 168 valence electrons. The van der Waals surface area contributed by atoms with Crippen molar-refractivity contribution < 1.29 is 9.53 Å². The third-order valence-corrected chi connectivity index (χ3v) is 6.36. The van der Waals surface area contributed by atoms with Crippen LogP contribution in [0.15, 0.2) is 30.3 Å². The van der Waals surface area contributed by atoms with E-state index in [4.69, 9.17) is 21.6 Å². The molecule has 2 heterocycles. The SMILES string of the molecule is C[C@@H]1CNCCN1c1ccc(C(=O)NC2CCC(Oc3ccc(C#N)c(Cl)c3)CC2)nn1. The molecule has 2 N–H and O–H groups in total. The average Bonchev–Trinajstić information content (AvgIpc) is 2.81. The van der Waals surface area contributed by atoms with Crippen molar-refractivity contribution in [3.63, 3.8) is 0 Å². The third-order valence-electron chi connectivity index (χ3n) is 6.05. The van der Waals surface area contributed by atoms with Gasteiger partial charge in [-0.3, -0.25) is 4.79 Å². The minimum atomic E-state index is -0.194. The standard InChI is InChI=1S/C23H27ClN6O2/c1-15-14-26-10-11-30(15)22-9-8-21(28-29-22)23(31)27-17-3-6-18(7-4-17)32-19-5-2-16(13-25)20(24)12-19/h2,5,8-9,12,15,17-18,26H,3-4,6-7,10-11,14H2,1H3,(H,27,31)/t15-,17?,18?/m1/s1. The lowest BCUT2D eigenvalue weighted by Crippen LogP contribution is -2.50. The summed E-state index contributed by atoms with van der Waals surface area (Å²) in [4.78, 5) is 14.8. The summed E-state index contributed by atoms with van der Waals surface area (Å²) < 4.78 is 6.01. The fraction of sp³-hybridized carbons (Fsp3) is 0.478. The van der Waals surface area contributed by atoms with Crippen LogP contribution in [0.5, 0.6) is 5.75 Å². The Balaban J connectivity index is 1.26. The van der Waals surface area contributed by atoms with E-state index in [1.165, 1.54) is 0 Å². The zero-order valence-corrected chi connectivity index (χ0v) is 18.8. The van der Waals surface area contributed by atoms with Crippen LogP contribution in [-0.4, -0.2) is 53.9 Å². The fourth-order valence-corrected chi connectivity index (χ4v) is 4.43. The van der Waals surface area contributed by atoms with E-state index in [2.05, 4.69) is 32.7 Å². The van der Waals surface area contributed by atoms with Gasteiger partial charge < -0.3 is 20.3 Å². The number of ether oxygens (including phenoxy) is 1. The highest BCUT2D eigenvalue weighted by atomic mass is 35.5. The molecule has 9 heteroatoms. The van der Waals surface area contributed by atoms with Crippen LogP contribution in [0.4, 0.5) is 5.82 Å². The zero-order chi connectivity index (χ0) is 22.5. The number of piperazine rings is 1. The van der Waals surface area contributed by atoms with Gasteiger partial charge in [-0.15, -0.1) is 10.2 Å². The molecule has 1 aliphatic carbocycles. The molecule has 0 bridgehead atoms. The molecule has 2 fully saturated rings. The van der Waals surface area contributed by atoms with E-state index in [0.717, 1.165) is 51.1 Å². The fourth-order valence-electron chi connectivity index (χ4n) is 4.22. The van der Waals surface area contributed by atoms with Gasteiger partial charge in [-0.1, -0.05) is 11.6 Å². The normalized spacial score (nSPS) is 23.3. The Labute approximate surface area is 192 Å². The van der Waals surface area contributed by atoms with Gasteiger partial charge in [-0.25, -0.2) is 0 Å². The first-order valence-electron chi connectivity index (χ1n) is 11.0. The lowest BCUT2D eigenvalue weighted by atomic mass is 9.93. The van der Waals surface area contributed by atoms with Crippen LogP contribution >= 0.6 is 11.6 Å². The molecule has 1 aromatic heterocycles. The number of hydrogen-bond donors (Lipinski definition) is 2. The van der Waals surface area contributed by atoms with Crippen molar-refractivity contribution in [2.45, 2.75) is 50.8 Å². The number of anilines is 1. The molecule has 32 heavy (non-hydrogen) atoms. The summed E-state index contributed by atoms with van der Waals surface area (Å²) in [7, 11) is 0. The van der Waals surface area contributed by atoms with E-state index in [9.17, 15) is 4.79 Å². The largest absolute Gasteiger partial charge is 0.490 e. The zero-order valence-electron chi connectivity index (χ0n) is 18.1. The molecule has 0 radical (unpaired) electrons. The topological polar surface area (TPSA) is 103 Å². The lowest BCUT2D eigenvalue weighted by molar-refractivity contribution is 0.0888. The maximum atomic E-state index is 12.6. The first-order chi connectivity index (χ1) is 15.5. The summed E-state index contributed by atoms with van der Waals surface area (Å²) in [5.41, 5.74) is 0.770. The van der Waals surface area contributed by atoms with Crippen molar-refractivity contribution in [2.75, 3.05) is 24.5 Å². The highest BCUT2D eigenvalue weighted by molar-refractivity contribution is 6.31. The van der Waals surface area contributed by atoms with E-state index >= 15 is 0 Å². The second kappa shape index (κ2) is 10.2. The number of amides is 1. The van der Waals surface area contributed by atoms with Crippen molar-refractivity contribution in [1.29, 1.82) is 5.26 Å². The molecule has 1 aromatic carbocycles. The Morgan fingerprint density at radius 2 is 2.06 bits per heavy atom. The van der Waals surface area contributed by atoms with Gasteiger partial charge in [-0.2, -0.15) is 5.26 Å². The summed E-state index contributed by atoms with van der Waals surface area (Å²) in [5, 5.41) is 24.2. The van der Waals surface area contributed by atoms with E-state index in [0.29, 0.717) is 28.1 Å². The van der Waals surface area contributed by atoms with Gasteiger partial charge in [0.25, 0.3) is 5.91 Å². The summed E-state index contributed by atoms with van der Waals surface area (Å²) in [5.74, 6) is 1.27. The minimum Gasteiger partial charge on any atom is -0.490 e. The number of halogens is 1.